The number of thioether (sulfide) groups is 1. The van der Waals surface area contributed by atoms with Crippen LogP contribution in [0, 0.1) is 0 Å². The molecule has 1 saturated heterocycles. The van der Waals surface area contributed by atoms with Gasteiger partial charge in [-0.2, -0.15) is 5.10 Å². The van der Waals surface area contributed by atoms with E-state index in [1.165, 1.54) is 11.8 Å². The molecule has 3 aromatic carbocycles. The zero-order valence-electron chi connectivity index (χ0n) is 21.2. The molecule has 0 spiro atoms. The topological polar surface area (TPSA) is 47.4 Å². The van der Waals surface area contributed by atoms with Gasteiger partial charge >= 0.3 is 0 Å². The minimum Gasteiger partial charge on any atom is -0.489 e. The number of hydrogen-bond acceptors (Lipinski definition) is 5. The van der Waals surface area contributed by atoms with Gasteiger partial charge in [0, 0.05) is 23.9 Å². The predicted molar refractivity (Wildman–Crippen MR) is 159 cm³/mol. The summed E-state index contributed by atoms with van der Waals surface area (Å²) in [6.07, 6.45) is 7.01. The van der Waals surface area contributed by atoms with Gasteiger partial charge in [-0.25, -0.2) is 4.68 Å². The molecular formula is C31H29N3O2S2. The summed E-state index contributed by atoms with van der Waals surface area (Å²) in [6.45, 7) is 3.32. The Balaban J connectivity index is 1.43. The van der Waals surface area contributed by atoms with E-state index in [-0.39, 0.29) is 5.91 Å². The molecular weight excluding hydrogens is 510 g/mol. The van der Waals surface area contributed by atoms with Crippen molar-refractivity contribution in [1.29, 1.82) is 0 Å². The van der Waals surface area contributed by atoms with Crippen molar-refractivity contribution >= 4 is 40.3 Å². The Morgan fingerprint density at radius 1 is 0.947 bits per heavy atom. The first kappa shape index (κ1) is 25.9. The standard InChI is InChI=1S/C31H29N3O2S2/c1-2-3-10-19-33-30(35)28(38-31(33)37)20-25-21-34(26-13-8-5-9-14-26)32-29(25)24-15-17-27(18-16-24)36-22-23-11-6-4-7-12-23/h4-9,11-18,20-21H,2-3,10,19,22H2,1H3/b28-20-. The van der Waals surface area contributed by atoms with Gasteiger partial charge in [0.25, 0.3) is 5.91 Å². The van der Waals surface area contributed by atoms with E-state index in [9.17, 15) is 4.79 Å². The lowest BCUT2D eigenvalue weighted by Crippen LogP contribution is -2.28. The second kappa shape index (κ2) is 12.2. The molecule has 1 fully saturated rings. The number of amides is 1. The summed E-state index contributed by atoms with van der Waals surface area (Å²) in [5.41, 5.74) is 4.66. The zero-order chi connectivity index (χ0) is 26.3. The Morgan fingerprint density at radius 2 is 1.66 bits per heavy atom. The SMILES string of the molecule is CCCCCN1C(=O)/C(=C/c2cn(-c3ccccc3)nc2-c2ccc(OCc3ccccc3)cc2)SC1=S. The second-order valence-electron chi connectivity index (χ2n) is 9.05. The summed E-state index contributed by atoms with van der Waals surface area (Å²) in [7, 11) is 0. The number of thiocarbonyl (C=S) groups is 1. The molecule has 192 valence electrons. The largest absolute Gasteiger partial charge is 0.489 e. The minimum atomic E-state index is -0.0285. The number of carbonyl (C=O) groups is 1. The molecule has 0 atom stereocenters. The van der Waals surface area contributed by atoms with E-state index < -0.39 is 0 Å². The van der Waals surface area contributed by atoms with Gasteiger partial charge in [0.1, 0.15) is 16.7 Å². The number of aromatic nitrogens is 2. The van der Waals surface area contributed by atoms with E-state index in [1.807, 2.05) is 102 Å². The average molecular weight is 540 g/mol. The second-order valence-corrected chi connectivity index (χ2v) is 10.7. The molecule has 0 radical (unpaired) electrons. The van der Waals surface area contributed by atoms with E-state index >= 15 is 0 Å². The van der Waals surface area contributed by atoms with E-state index in [2.05, 4.69) is 6.92 Å². The molecule has 38 heavy (non-hydrogen) atoms. The third-order valence-corrected chi connectivity index (χ3v) is 7.66. The molecule has 2 heterocycles. The fraction of sp³-hybridized carbons (Fsp3) is 0.194. The van der Waals surface area contributed by atoms with Crippen LogP contribution in [0.2, 0.25) is 0 Å². The smallest absolute Gasteiger partial charge is 0.266 e. The van der Waals surface area contributed by atoms with E-state index in [0.717, 1.165) is 53.1 Å². The molecule has 0 bridgehead atoms. The molecule has 0 aliphatic carbocycles. The summed E-state index contributed by atoms with van der Waals surface area (Å²) >= 11 is 6.90. The highest BCUT2D eigenvalue weighted by atomic mass is 32.2. The third-order valence-electron chi connectivity index (χ3n) is 6.28. The van der Waals surface area contributed by atoms with Crippen LogP contribution in [0.5, 0.6) is 5.75 Å². The van der Waals surface area contributed by atoms with Crippen molar-refractivity contribution in [2.75, 3.05) is 6.54 Å². The highest BCUT2D eigenvalue weighted by molar-refractivity contribution is 8.26. The molecule has 0 unspecified atom stereocenters. The Hall–Kier alpha value is -3.68. The highest BCUT2D eigenvalue weighted by Crippen LogP contribution is 2.35. The zero-order valence-corrected chi connectivity index (χ0v) is 22.9. The van der Waals surface area contributed by atoms with E-state index in [4.69, 9.17) is 22.1 Å². The maximum absolute atomic E-state index is 13.2. The molecule has 0 N–H and O–H groups in total. The Bertz CT molecular complexity index is 1430. The average Bonchev–Trinajstić information content (AvgIpc) is 3.49. The fourth-order valence-electron chi connectivity index (χ4n) is 4.23. The van der Waals surface area contributed by atoms with Crippen LogP contribution in [0.25, 0.3) is 23.0 Å². The van der Waals surface area contributed by atoms with Crippen LogP contribution in [0.3, 0.4) is 0 Å². The monoisotopic (exact) mass is 539 g/mol. The fourth-order valence-corrected chi connectivity index (χ4v) is 5.53. The predicted octanol–water partition coefficient (Wildman–Crippen LogP) is 7.51. The van der Waals surface area contributed by atoms with Crippen LogP contribution in [-0.4, -0.2) is 31.5 Å². The molecule has 1 aliphatic rings. The summed E-state index contributed by atoms with van der Waals surface area (Å²) in [6, 6.07) is 28.0. The van der Waals surface area contributed by atoms with Gasteiger partial charge in [0.2, 0.25) is 0 Å². The van der Waals surface area contributed by atoms with Gasteiger partial charge in [0.05, 0.1) is 16.3 Å². The summed E-state index contributed by atoms with van der Waals surface area (Å²) in [5, 5.41) is 4.90. The van der Waals surface area contributed by atoms with Crippen molar-refractivity contribution in [1.82, 2.24) is 14.7 Å². The minimum absolute atomic E-state index is 0.0285. The van der Waals surface area contributed by atoms with Crippen molar-refractivity contribution in [3.05, 3.63) is 107 Å². The van der Waals surface area contributed by atoms with Crippen LogP contribution >= 0.6 is 24.0 Å². The van der Waals surface area contributed by atoms with Gasteiger partial charge < -0.3 is 4.74 Å². The molecule has 0 saturated carbocycles. The number of nitrogens with zero attached hydrogens (tertiary/aromatic N) is 3. The van der Waals surface area contributed by atoms with Gasteiger partial charge in [-0.1, -0.05) is 92.3 Å². The van der Waals surface area contributed by atoms with Gasteiger partial charge in [-0.3, -0.25) is 9.69 Å². The summed E-state index contributed by atoms with van der Waals surface area (Å²) < 4.78 is 8.44. The van der Waals surface area contributed by atoms with Crippen molar-refractivity contribution < 1.29 is 9.53 Å². The van der Waals surface area contributed by atoms with Crippen molar-refractivity contribution in [2.45, 2.75) is 32.8 Å². The van der Waals surface area contributed by atoms with Crippen molar-refractivity contribution in [3.63, 3.8) is 0 Å². The van der Waals surface area contributed by atoms with Crippen molar-refractivity contribution in [2.24, 2.45) is 0 Å². The molecule has 1 aliphatic heterocycles. The third kappa shape index (κ3) is 6.06. The number of benzene rings is 3. The first-order valence-electron chi connectivity index (χ1n) is 12.8. The summed E-state index contributed by atoms with van der Waals surface area (Å²) in [5.74, 6) is 0.758. The first-order chi connectivity index (χ1) is 18.6. The summed E-state index contributed by atoms with van der Waals surface area (Å²) in [4.78, 5) is 15.5. The maximum atomic E-state index is 13.2. The molecule has 1 amide bonds. The Morgan fingerprint density at radius 3 is 2.37 bits per heavy atom. The van der Waals surface area contributed by atoms with Gasteiger partial charge in [-0.05, 0) is 54.5 Å². The number of ether oxygens (including phenoxy) is 1. The lowest BCUT2D eigenvalue weighted by atomic mass is 10.1. The van der Waals surface area contributed by atoms with Gasteiger partial charge in [0.15, 0.2) is 0 Å². The molecule has 7 heteroatoms. The van der Waals surface area contributed by atoms with Crippen LogP contribution in [0.4, 0.5) is 0 Å². The van der Waals surface area contributed by atoms with E-state index in [1.54, 1.807) is 4.90 Å². The molecule has 1 aromatic heterocycles. The molecule has 4 aromatic rings. The molecule has 5 nitrogen and oxygen atoms in total. The Kier molecular flexibility index (Phi) is 8.36. The highest BCUT2D eigenvalue weighted by Gasteiger charge is 2.32. The van der Waals surface area contributed by atoms with Crippen LogP contribution in [0.15, 0.2) is 96.0 Å². The number of unbranched alkanes of at least 4 members (excludes halogenated alkanes) is 2. The number of carbonyl (C=O) groups excluding carboxylic acids is 1. The maximum Gasteiger partial charge on any atom is 0.266 e. The number of hydrogen-bond donors (Lipinski definition) is 0. The lowest BCUT2D eigenvalue weighted by molar-refractivity contribution is -0.122. The van der Waals surface area contributed by atoms with Crippen LogP contribution < -0.4 is 4.74 Å². The van der Waals surface area contributed by atoms with Crippen LogP contribution in [-0.2, 0) is 11.4 Å². The number of rotatable bonds is 10. The van der Waals surface area contributed by atoms with Gasteiger partial charge in [-0.15, -0.1) is 0 Å². The Labute approximate surface area is 233 Å². The van der Waals surface area contributed by atoms with Crippen LogP contribution in [0.1, 0.15) is 37.3 Å². The quantitative estimate of drug-likeness (QED) is 0.119. The first-order valence-corrected chi connectivity index (χ1v) is 14.0. The van der Waals surface area contributed by atoms with E-state index in [0.29, 0.717) is 22.4 Å². The normalized spacial score (nSPS) is 14.4. The molecule has 5 rings (SSSR count). The number of para-hydroxylation sites is 1. The lowest BCUT2D eigenvalue weighted by Gasteiger charge is -2.13. The van der Waals surface area contributed by atoms with Crippen molar-refractivity contribution in [3.8, 4) is 22.7 Å².